The Morgan fingerprint density at radius 1 is 1.47 bits per heavy atom. The van der Waals surface area contributed by atoms with E-state index in [1.165, 1.54) is 0 Å². The zero-order valence-electron chi connectivity index (χ0n) is 10.3. The summed E-state index contributed by atoms with van der Waals surface area (Å²) in [6, 6.07) is 0. The predicted octanol–water partition coefficient (Wildman–Crippen LogP) is 1.37. The van der Waals surface area contributed by atoms with Crippen molar-refractivity contribution in [1.29, 1.82) is 0 Å². The highest BCUT2D eigenvalue weighted by Gasteiger charge is 2.15. The van der Waals surface area contributed by atoms with Crippen molar-refractivity contribution in [2.75, 3.05) is 0 Å². The van der Waals surface area contributed by atoms with Crippen molar-refractivity contribution in [3.8, 4) is 0 Å². The molecule has 0 aliphatic carbocycles. The third kappa shape index (κ3) is 2.27. The van der Waals surface area contributed by atoms with Crippen molar-refractivity contribution in [3.05, 3.63) is 35.7 Å². The summed E-state index contributed by atoms with van der Waals surface area (Å²) in [5, 5.41) is 4.17. The highest BCUT2D eigenvalue weighted by atomic mass is 16.1. The van der Waals surface area contributed by atoms with Crippen molar-refractivity contribution >= 4 is 5.78 Å². The van der Waals surface area contributed by atoms with Gasteiger partial charge in [0.25, 0.3) is 0 Å². The largest absolute Gasteiger partial charge is 0.335 e. The minimum atomic E-state index is 0.0662. The van der Waals surface area contributed by atoms with Gasteiger partial charge >= 0.3 is 0 Å². The molecule has 0 aromatic carbocycles. The average Bonchev–Trinajstić information content (AvgIpc) is 2.84. The van der Waals surface area contributed by atoms with Gasteiger partial charge in [0.1, 0.15) is 5.82 Å². The molecule has 17 heavy (non-hydrogen) atoms. The fraction of sp³-hybridized carbons (Fsp3) is 0.417. The van der Waals surface area contributed by atoms with E-state index in [-0.39, 0.29) is 5.78 Å². The Bertz CT molecular complexity index is 538. The van der Waals surface area contributed by atoms with E-state index in [0.29, 0.717) is 12.0 Å². The third-order valence-electron chi connectivity index (χ3n) is 2.77. The van der Waals surface area contributed by atoms with E-state index in [4.69, 9.17) is 0 Å². The third-order valence-corrected chi connectivity index (χ3v) is 2.77. The first-order valence-corrected chi connectivity index (χ1v) is 5.65. The maximum Gasteiger partial charge on any atom is 0.173 e. The molecule has 0 N–H and O–H groups in total. The van der Waals surface area contributed by atoms with E-state index < -0.39 is 0 Å². The topological polar surface area (TPSA) is 52.7 Å². The quantitative estimate of drug-likeness (QED) is 0.748. The Morgan fingerprint density at radius 3 is 2.82 bits per heavy atom. The summed E-state index contributed by atoms with van der Waals surface area (Å²) in [4.78, 5) is 16.3. The van der Waals surface area contributed by atoms with Gasteiger partial charge in [-0.2, -0.15) is 5.10 Å². The van der Waals surface area contributed by atoms with Crippen molar-refractivity contribution in [3.63, 3.8) is 0 Å². The first-order valence-electron chi connectivity index (χ1n) is 5.65. The summed E-state index contributed by atoms with van der Waals surface area (Å²) < 4.78 is 3.64. The normalized spacial score (nSPS) is 10.8. The van der Waals surface area contributed by atoms with Crippen LogP contribution in [0.4, 0.5) is 0 Å². The molecule has 0 aliphatic heterocycles. The average molecular weight is 232 g/mol. The second-order valence-corrected chi connectivity index (χ2v) is 4.03. The molecule has 0 unspecified atom stereocenters. The molecule has 5 heteroatoms. The summed E-state index contributed by atoms with van der Waals surface area (Å²) in [5.41, 5.74) is 1.45. The summed E-state index contributed by atoms with van der Waals surface area (Å²) >= 11 is 0. The number of imidazole rings is 1. The van der Waals surface area contributed by atoms with Gasteiger partial charge in [-0.15, -0.1) is 0 Å². The van der Waals surface area contributed by atoms with Gasteiger partial charge in [-0.1, -0.05) is 0 Å². The number of Topliss-reactive ketones (excluding diaryl/α,β-unsaturated/α-hetero) is 1. The zero-order chi connectivity index (χ0) is 12.4. The fourth-order valence-electron chi connectivity index (χ4n) is 1.91. The standard InChI is InChI=1S/C12H16N4O/c1-4-16-6-5-13-12(16)7-11(17)10-8-15(3)14-9(10)2/h5-6,8H,4,7H2,1-3H3. The Labute approximate surface area is 100 Å². The minimum Gasteiger partial charge on any atom is -0.335 e. The Kier molecular flexibility index (Phi) is 3.08. The molecule has 0 atom stereocenters. The van der Waals surface area contributed by atoms with E-state index in [0.717, 1.165) is 18.1 Å². The lowest BCUT2D eigenvalue weighted by Crippen LogP contribution is -2.10. The molecule has 0 saturated heterocycles. The number of carbonyl (C=O) groups excluding carboxylic acids is 1. The van der Waals surface area contributed by atoms with Crippen LogP contribution in [-0.4, -0.2) is 25.1 Å². The van der Waals surface area contributed by atoms with Gasteiger partial charge in [-0.25, -0.2) is 4.98 Å². The highest BCUT2D eigenvalue weighted by Crippen LogP contribution is 2.09. The first-order chi connectivity index (χ1) is 8.11. The van der Waals surface area contributed by atoms with E-state index in [2.05, 4.69) is 10.1 Å². The molecule has 0 saturated carbocycles. The van der Waals surface area contributed by atoms with Crippen LogP contribution in [-0.2, 0) is 20.0 Å². The summed E-state index contributed by atoms with van der Waals surface area (Å²) in [7, 11) is 1.82. The number of rotatable bonds is 4. The van der Waals surface area contributed by atoms with Crippen LogP contribution in [0.15, 0.2) is 18.6 Å². The summed E-state index contributed by atoms with van der Waals surface area (Å²) in [6.45, 7) is 4.71. The molecular formula is C12H16N4O. The number of hydrogen-bond acceptors (Lipinski definition) is 3. The van der Waals surface area contributed by atoms with Crippen LogP contribution in [0, 0.1) is 6.92 Å². The van der Waals surface area contributed by atoms with Gasteiger partial charge in [0.05, 0.1) is 17.7 Å². The van der Waals surface area contributed by atoms with Gasteiger partial charge < -0.3 is 4.57 Å². The van der Waals surface area contributed by atoms with Crippen LogP contribution in [0.1, 0.15) is 28.8 Å². The van der Waals surface area contributed by atoms with E-state index >= 15 is 0 Å². The lowest BCUT2D eigenvalue weighted by molar-refractivity contribution is 0.0989. The number of aryl methyl sites for hydroxylation is 3. The van der Waals surface area contributed by atoms with Crippen molar-refractivity contribution in [2.24, 2.45) is 7.05 Å². The second kappa shape index (κ2) is 4.53. The SMILES string of the molecule is CCn1ccnc1CC(=O)c1cn(C)nc1C. The molecule has 2 rings (SSSR count). The van der Waals surface area contributed by atoms with E-state index in [9.17, 15) is 4.79 Å². The first kappa shape index (κ1) is 11.6. The zero-order valence-corrected chi connectivity index (χ0v) is 10.3. The van der Waals surface area contributed by atoms with Gasteiger partial charge in [0, 0.05) is 32.2 Å². The smallest absolute Gasteiger partial charge is 0.173 e. The van der Waals surface area contributed by atoms with Crippen LogP contribution in [0.5, 0.6) is 0 Å². The molecule has 0 bridgehead atoms. The summed E-state index contributed by atoms with van der Waals surface area (Å²) in [6.07, 6.45) is 5.70. The van der Waals surface area contributed by atoms with Crippen LogP contribution < -0.4 is 0 Å². The fourth-order valence-corrected chi connectivity index (χ4v) is 1.91. The Morgan fingerprint density at radius 2 is 2.24 bits per heavy atom. The number of aromatic nitrogens is 4. The molecule has 2 heterocycles. The molecule has 0 spiro atoms. The number of hydrogen-bond donors (Lipinski definition) is 0. The molecule has 0 fully saturated rings. The van der Waals surface area contributed by atoms with Crippen LogP contribution >= 0.6 is 0 Å². The van der Waals surface area contributed by atoms with Gasteiger partial charge in [-0.3, -0.25) is 9.48 Å². The molecular weight excluding hydrogens is 216 g/mol. The second-order valence-electron chi connectivity index (χ2n) is 4.03. The van der Waals surface area contributed by atoms with Crippen LogP contribution in [0.2, 0.25) is 0 Å². The predicted molar refractivity (Wildman–Crippen MR) is 63.9 cm³/mol. The molecule has 90 valence electrons. The van der Waals surface area contributed by atoms with E-state index in [1.807, 2.05) is 31.7 Å². The molecule has 2 aromatic rings. The van der Waals surface area contributed by atoms with Crippen LogP contribution in [0.25, 0.3) is 0 Å². The number of carbonyl (C=O) groups is 1. The summed E-state index contributed by atoms with van der Waals surface area (Å²) in [5.74, 6) is 0.872. The lowest BCUT2D eigenvalue weighted by Gasteiger charge is -2.03. The maximum absolute atomic E-state index is 12.1. The number of nitrogens with zero attached hydrogens (tertiary/aromatic N) is 4. The van der Waals surface area contributed by atoms with Crippen molar-refractivity contribution in [1.82, 2.24) is 19.3 Å². The number of ketones is 1. The van der Waals surface area contributed by atoms with E-state index in [1.54, 1.807) is 17.1 Å². The van der Waals surface area contributed by atoms with Gasteiger partial charge in [0.2, 0.25) is 0 Å². The van der Waals surface area contributed by atoms with Gasteiger partial charge in [0.15, 0.2) is 5.78 Å². The van der Waals surface area contributed by atoms with Crippen molar-refractivity contribution in [2.45, 2.75) is 26.8 Å². The van der Waals surface area contributed by atoms with Crippen LogP contribution in [0.3, 0.4) is 0 Å². The highest BCUT2D eigenvalue weighted by molar-refractivity contribution is 5.97. The molecule has 0 radical (unpaired) electrons. The molecule has 0 amide bonds. The van der Waals surface area contributed by atoms with Crippen molar-refractivity contribution < 1.29 is 4.79 Å². The molecule has 2 aromatic heterocycles. The minimum absolute atomic E-state index is 0.0662. The maximum atomic E-state index is 12.1. The van der Waals surface area contributed by atoms with Gasteiger partial charge in [-0.05, 0) is 13.8 Å². The lowest BCUT2D eigenvalue weighted by atomic mass is 10.1. The Balaban J connectivity index is 2.20. The Hall–Kier alpha value is -1.91. The molecule has 0 aliphatic rings. The monoisotopic (exact) mass is 232 g/mol. The molecule has 5 nitrogen and oxygen atoms in total.